The lowest BCUT2D eigenvalue weighted by Gasteiger charge is -2.11. The fourth-order valence-electron chi connectivity index (χ4n) is 1.82. The van der Waals surface area contributed by atoms with Gasteiger partial charge in [0.25, 0.3) is 5.91 Å². The molecule has 0 bridgehead atoms. The van der Waals surface area contributed by atoms with Gasteiger partial charge in [-0.25, -0.2) is 19.0 Å². The molecule has 2 rings (SSSR count). The maximum atomic E-state index is 13.0. The monoisotopic (exact) mass is 366 g/mol. The van der Waals surface area contributed by atoms with E-state index >= 15 is 0 Å². The van der Waals surface area contributed by atoms with Gasteiger partial charge in [-0.2, -0.15) is 0 Å². The summed E-state index contributed by atoms with van der Waals surface area (Å²) in [5.74, 6) is -1.92. The summed E-state index contributed by atoms with van der Waals surface area (Å²) in [6.45, 7) is 2.95. The van der Waals surface area contributed by atoms with Crippen molar-refractivity contribution in [3.63, 3.8) is 0 Å². The summed E-state index contributed by atoms with van der Waals surface area (Å²) in [4.78, 5) is 39.4. The molecule has 1 atom stereocenters. The second-order valence-corrected chi connectivity index (χ2v) is 5.97. The van der Waals surface area contributed by atoms with Gasteiger partial charge < -0.3 is 9.47 Å². The van der Waals surface area contributed by atoms with Crippen molar-refractivity contribution in [2.45, 2.75) is 20.0 Å². The van der Waals surface area contributed by atoms with Crippen LogP contribution in [0.5, 0.6) is 0 Å². The molecular weight excluding hydrogens is 351 g/mol. The molecular formula is C16H15FN2O5S. The number of aromatic nitrogens is 1. The average Bonchev–Trinajstić information content (AvgIpc) is 2.97. The lowest BCUT2D eigenvalue weighted by molar-refractivity contribution is -0.128. The normalized spacial score (nSPS) is 11.5. The third-order valence-electron chi connectivity index (χ3n) is 3.14. The van der Waals surface area contributed by atoms with E-state index in [0.717, 1.165) is 18.4 Å². The van der Waals surface area contributed by atoms with E-state index in [2.05, 4.69) is 9.72 Å². The van der Waals surface area contributed by atoms with Crippen LogP contribution in [0.25, 0.3) is 10.6 Å². The zero-order valence-corrected chi connectivity index (χ0v) is 14.5. The molecule has 1 heterocycles. The molecule has 0 aliphatic heterocycles. The van der Waals surface area contributed by atoms with E-state index in [0.29, 0.717) is 16.3 Å². The van der Waals surface area contributed by atoms with Crippen LogP contribution in [0.1, 0.15) is 22.3 Å². The molecule has 0 saturated carbocycles. The van der Waals surface area contributed by atoms with Crippen LogP contribution < -0.4 is 5.32 Å². The molecule has 9 heteroatoms. The molecule has 25 heavy (non-hydrogen) atoms. The Morgan fingerprint density at radius 1 is 1.24 bits per heavy atom. The Hall–Kier alpha value is -2.81. The Morgan fingerprint density at radius 3 is 2.48 bits per heavy atom. The summed E-state index contributed by atoms with van der Waals surface area (Å²) in [5, 5.41) is 2.44. The Morgan fingerprint density at radius 2 is 1.88 bits per heavy atom. The van der Waals surface area contributed by atoms with Crippen molar-refractivity contribution in [2.24, 2.45) is 0 Å². The number of carbonyl (C=O) groups is 3. The second kappa shape index (κ2) is 7.84. The second-order valence-electron chi connectivity index (χ2n) is 4.97. The van der Waals surface area contributed by atoms with Crippen LogP contribution in [0.3, 0.4) is 0 Å². The third kappa shape index (κ3) is 4.60. The number of halogens is 1. The highest BCUT2D eigenvalue weighted by atomic mass is 32.1. The van der Waals surface area contributed by atoms with Gasteiger partial charge in [0.05, 0.1) is 12.8 Å². The summed E-state index contributed by atoms with van der Waals surface area (Å²) in [6, 6.07) is 5.69. The van der Waals surface area contributed by atoms with Crippen molar-refractivity contribution in [2.75, 3.05) is 7.11 Å². The molecule has 2 amide bonds. The molecule has 1 aromatic heterocycles. The van der Waals surface area contributed by atoms with Gasteiger partial charge in [-0.3, -0.25) is 10.1 Å². The van der Waals surface area contributed by atoms with Crippen LogP contribution in [0.4, 0.5) is 9.18 Å². The van der Waals surface area contributed by atoms with Crippen LogP contribution in [0.2, 0.25) is 0 Å². The minimum Gasteiger partial charge on any atom is -0.453 e. The van der Waals surface area contributed by atoms with Crippen LogP contribution in [-0.4, -0.2) is 36.2 Å². The van der Waals surface area contributed by atoms with Crippen molar-refractivity contribution < 1.29 is 28.2 Å². The highest BCUT2D eigenvalue weighted by Crippen LogP contribution is 2.28. The quantitative estimate of drug-likeness (QED) is 0.836. The van der Waals surface area contributed by atoms with Gasteiger partial charge in [0.15, 0.2) is 6.10 Å². The van der Waals surface area contributed by atoms with Gasteiger partial charge in [0.1, 0.15) is 15.7 Å². The number of carbonyl (C=O) groups excluding carboxylic acids is 3. The summed E-state index contributed by atoms with van der Waals surface area (Å²) in [5.41, 5.74) is 1.08. The number of thiazole rings is 1. The topological polar surface area (TPSA) is 94.6 Å². The summed E-state index contributed by atoms with van der Waals surface area (Å²) in [7, 11) is 1.11. The first-order chi connectivity index (χ1) is 11.8. The zero-order chi connectivity index (χ0) is 18.6. The average molecular weight is 366 g/mol. The van der Waals surface area contributed by atoms with Crippen LogP contribution in [-0.2, 0) is 14.3 Å². The van der Waals surface area contributed by atoms with Gasteiger partial charge in [0.2, 0.25) is 0 Å². The zero-order valence-electron chi connectivity index (χ0n) is 13.7. The number of rotatable bonds is 4. The molecule has 0 fully saturated rings. The first kappa shape index (κ1) is 18.5. The van der Waals surface area contributed by atoms with Crippen molar-refractivity contribution in [1.29, 1.82) is 0 Å². The highest BCUT2D eigenvalue weighted by Gasteiger charge is 2.24. The van der Waals surface area contributed by atoms with E-state index in [4.69, 9.17) is 4.74 Å². The third-order valence-corrected chi connectivity index (χ3v) is 4.32. The molecule has 0 spiro atoms. The number of amides is 2. The van der Waals surface area contributed by atoms with Gasteiger partial charge in [0, 0.05) is 5.56 Å². The van der Waals surface area contributed by atoms with Gasteiger partial charge in [-0.1, -0.05) is 0 Å². The molecule has 0 aliphatic carbocycles. The lowest BCUT2D eigenvalue weighted by Crippen LogP contribution is -2.39. The predicted molar refractivity (Wildman–Crippen MR) is 87.7 cm³/mol. The van der Waals surface area contributed by atoms with Crippen LogP contribution in [0, 0.1) is 12.7 Å². The van der Waals surface area contributed by atoms with Gasteiger partial charge >= 0.3 is 12.1 Å². The Balaban J connectivity index is 2.10. The largest absolute Gasteiger partial charge is 0.453 e. The van der Waals surface area contributed by atoms with E-state index in [1.807, 2.05) is 5.32 Å². The number of hydrogen-bond acceptors (Lipinski definition) is 7. The lowest BCUT2D eigenvalue weighted by atomic mass is 10.2. The predicted octanol–water partition coefficient (Wildman–Crippen LogP) is 2.69. The number of hydrogen-bond donors (Lipinski definition) is 1. The van der Waals surface area contributed by atoms with Gasteiger partial charge in [-0.05, 0) is 38.1 Å². The molecule has 0 saturated heterocycles. The standard InChI is InChI=1S/C16H15FN2O5S/c1-8-12(15(21)24-9(2)13(20)19-16(22)23-3)25-14(18-8)10-4-6-11(17)7-5-10/h4-7,9H,1-3H3,(H,19,20,22)/t9-/m1/s1. The van der Waals surface area contributed by atoms with E-state index in [1.54, 1.807) is 19.1 Å². The Bertz CT molecular complexity index is 803. The fraction of sp³-hybridized carbons (Fsp3) is 0.250. The number of ether oxygens (including phenoxy) is 2. The maximum absolute atomic E-state index is 13.0. The minimum atomic E-state index is -1.19. The van der Waals surface area contributed by atoms with E-state index < -0.39 is 24.1 Å². The van der Waals surface area contributed by atoms with E-state index in [-0.39, 0.29) is 10.7 Å². The van der Waals surface area contributed by atoms with Crippen molar-refractivity contribution in [3.05, 3.63) is 40.7 Å². The molecule has 1 N–H and O–H groups in total. The highest BCUT2D eigenvalue weighted by molar-refractivity contribution is 7.17. The number of alkyl carbamates (subject to hydrolysis) is 1. The summed E-state index contributed by atoms with van der Waals surface area (Å²) >= 11 is 1.07. The number of nitrogens with zero attached hydrogens (tertiary/aromatic N) is 1. The van der Waals surface area contributed by atoms with E-state index in [1.165, 1.54) is 19.1 Å². The molecule has 132 valence electrons. The summed E-state index contributed by atoms with van der Waals surface area (Å²) < 4.78 is 22.3. The number of benzene rings is 1. The Kier molecular flexibility index (Phi) is 5.81. The molecule has 1 aromatic carbocycles. The smallest absolute Gasteiger partial charge is 0.413 e. The van der Waals surface area contributed by atoms with Crippen molar-refractivity contribution in [1.82, 2.24) is 10.3 Å². The van der Waals surface area contributed by atoms with Gasteiger partial charge in [-0.15, -0.1) is 11.3 Å². The van der Waals surface area contributed by atoms with E-state index in [9.17, 15) is 18.8 Å². The summed E-state index contributed by atoms with van der Waals surface area (Å²) in [6.07, 6.45) is -2.14. The minimum absolute atomic E-state index is 0.219. The molecule has 2 aromatic rings. The molecule has 0 radical (unpaired) electrons. The number of imide groups is 1. The maximum Gasteiger partial charge on any atom is 0.413 e. The van der Waals surface area contributed by atoms with Crippen LogP contribution >= 0.6 is 11.3 Å². The first-order valence-corrected chi connectivity index (χ1v) is 7.96. The number of esters is 1. The molecule has 7 nitrogen and oxygen atoms in total. The van der Waals surface area contributed by atoms with Crippen molar-refractivity contribution >= 4 is 29.3 Å². The Labute approximate surface area is 146 Å². The SMILES string of the molecule is COC(=O)NC(=O)[C@@H](C)OC(=O)c1sc(-c2ccc(F)cc2)nc1C. The molecule has 0 unspecified atom stereocenters. The number of nitrogens with one attached hydrogen (secondary N) is 1. The number of aryl methyl sites for hydroxylation is 1. The fourth-order valence-corrected chi connectivity index (χ4v) is 2.78. The first-order valence-electron chi connectivity index (χ1n) is 7.15. The number of methoxy groups -OCH3 is 1. The van der Waals surface area contributed by atoms with Crippen molar-refractivity contribution in [3.8, 4) is 10.6 Å². The molecule has 0 aliphatic rings. The van der Waals surface area contributed by atoms with Crippen LogP contribution in [0.15, 0.2) is 24.3 Å².